The van der Waals surface area contributed by atoms with Gasteiger partial charge in [0.2, 0.25) is 5.88 Å². The number of fused-ring (bicyclic) bond motifs is 1. The van der Waals surface area contributed by atoms with Gasteiger partial charge in [-0.2, -0.15) is 0 Å². The van der Waals surface area contributed by atoms with Crippen LogP contribution in [0.5, 0.6) is 5.88 Å². The number of ketones is 1. The van der Waals surface area contributed by atoms with E-state index in [1.807, 2.05) is 17.8 Å². The van der Waals surface area contributed by atoms with Gasteiger partial charge < -0.3 is 10.1 Å². The zero-order valence-corrected chi connectivity index (χ0v) is 21.7. The van der Waals surface area contributed by atoms with Crippen LogP contribution in [-0.4, -0.2) is 40.0 Å². The molecule has 2 aromatic rings. The molecule has 0 aliphatic heterocycles. The first-order chi connectivity index (χ1) is 16.4. The molecule has 2 heterocycles. The van der Waals surface area contributed by atoms with Crippen LogP contribution in [-0.2, 0) is 37.5 Å². The van der Waals surface area contributed by atoms with Crippen molar-refractivity contribution in [3.8, 4) is 5.88 Å². The second-order valence-corrected chi connectivity index (χ2v) is 12.0. The topological polar surface area (TPSA) is 73.2 Å². The number of amides is 1. The van der Waals surface area contributed by atoms with Crippen molar-refractivity contribution >= 4 is 40.1 Å². The van der Waals surface area contributed by atoms with Gasteiger partial charge in [-0.1, -0.05) is 12.2 Å². The van der Waals surface area contributed by atoms with E-state index in [0.717, 1.165) is 66.1 Å². The molecule has 0 spiro atoms. The summed E-state index contributed by atoms with van der Waals surface area (Å²) < 4.78 is 7.06. The van der Waals surface area contributed by atoms with Crippen LogP contribution in [0, 0.1) is 17.8 Å². The quantitative estimate of drug-likeness (QED) is 0.468. The number of carbonyl (C=O) groups is 2. The van der Waals surface area contributed by atoms with Crippen LogP contribution in [0.15, 0.2) is 6.07 Å². The molecule has 0 saturated heterocycles. The lowest BCUT2D eigenvalue weighted by molar-refractivity contribution is -0.119. The highest BCUT2D eigenvalue weighted by molar-refractivity contribution is 7.80. The number of ether oxygens (including phenoxy) is 1. The van der Waals surface area contributed by atoms with Crippen LogP contribution < -0.4 is 10.1 Å². The molecular formula is C26H33N3O3S2. The Morgan fingerprint density at radius 1 is 1.21 bits per heavy atom. The monoisotopic (exact) mass is 499 g/mol. The molecule has 34 heavy (non-hydrogen) atoms. The van der Waals surface area contributed by atoms with E-state index in [1.165, 1.54) is 23.3 Å². The largest absolute Gasteiger partial charge is 0.480 e. The third-order valence-corrected chi connectivity index (χ3v) is 8.94. The zero-order chi connectivity index (χ0) is 23.8. The maximum absolute atomic E-state index is 13.3. The standard InChI is InChI=1S/C26H33N3O3S2/c1-29-18(12-24(28-29)32-2)11-19(33)9-16-5-8-22-20(10-16)25(26(31)27-14-15-3-4-15)23(34-22)13-21(30)17-6-7-17/h12,15-17H,3-11,13-14H2,1-2H3,(H,27,31)/t16-/m1/s1. The Balaban J connectivity index is 1.29. The van der Waals surface area contributed by atoms with Crippen LogP contribution in [0.4, 0.5) is 0 Å². The first kappa shape index (κ1) is 23.7. The third kappa shape index (κ3) is 5.43. The molecule has 0 unspecified atom stereocenters. The van der Waals surface area contributed by atoms with Gasteiger partial charge in [-0.3, -0.25) is 14.3 Å². The van der Waals surface area contributed by atoms with E-state index in [4.69, 9.17) is 17.0 Å². The van der Waals surface area contributed by atoms with Gasteiger partial charge in [-0.05, 0) is 73.6 Å². The summed E-state index contributed by atoms with van der Waals surface area (Å²) in [6, 6.07) is 1.94. The predicted molar refractivity (Wildman–Crippen MR) is 137 cm³/mol. The van der Waals surface area contributed by atoms with Crippen molar-refractivity contribution in [2.24, 2.45) is 24.8 Å². The van der Waals surface area contributed by atoms with Gasteiger partial charge in [0.15, 0.2) is 0 Å². The molecule has 182 valence electrons. The van der Waals surface area contributed by atoms with Crippen molar-refractivity contribution in [2.45, 2.75) is 64.2 Å². The molecule has 1 atom stereocenters. The Hall–Kier alpha value is -2.06. The van der Waals surface area contributed by atoms with Crippen LogP contribution in [0.3, 0.4) is 0 Å². The van der Waals surface area contributed by atoms with Gasteiger partial charge in [-0.15, -0.1) is 16.4 Å². The first-order valence-corrected chi connectivity index (χ1v) is 13.7. The summed E-state index contributed by atoms with van der Waals surface area (Å²) in [7, 11) is 3.53. The average molecular weight is 500 g/mol. The number of methoxy groups -OCH3 is 1. The highest BCUT2D eigenvalue weighted by Crippen LogP contribution is 2.40. The Kier molecular flexibility index (Phi) is 6.89. The fourth-order valence-electron chi connectivity index (χ4n) is 4.97. The average Bonchev–Trinajstić information content (AvgIpc) is 3.73. The maximum atomic E-state index is 13.3. The first-order valence-electron chi connectivity index (χ1n) is 12.4. The van der Waals surface area contributed by atoms with Gasteiger partial charge >= 0.3 is 0 Å². The fraction of sp³-hybridized carbons (Fsp3) is 0.615. The minimum atomic E-state index is 0.0215. The number of nitrogens with zero attached hydrogens (tertiary/aromatic N) is 2. The summed E-state index contributed by atoms with van der Waals surface area (Å²) in [5.74, 6) is 2.21. The zero-order valence-electron chi connectivity index (χ0n) is 20.0. The van der Waals surface area contributed by atoms with Crippen molar-refractivity contribution in [3.63, 3.8) is 0 Å². The molecule has 0 bridgehead atoms. The van der Waals surface area contributed by atoms with Crippen LogP contribution in [0.25, 0.3) is 0 Å². The van der Waals surface area contributed by atoms with E-state index in [1.54, 1.807) is 18.4 Å². The van der Waals surface area contributed by atoms with E-state index in [-0.39, 0.29) is 11.8 Å². The second-order valence-electron chi connectivity index (χ2n) is 10.2. The summed E-state index contributed by atoms with van der Waals surface area (Å²) >= 11 is 7.48. The van der Waals surface area contributed by atoms with Gasteiger partial charge in [0, 0.05) is 53.9 Å². The summed E-state index contributed by atoms with van der Waals surface area (Å²) in [6.45, 7) is 0.751. The summed E-state index contributed by atoms with van der Waals surface area (Å²) in [6.07, 6.45) is 9.31. The van der Waals surface area contributed by atoms with E-state index >= 15 is 0 Å². The molecule has 3 aliphatic carbocycles. The van der Waals surface area contributed by atoms with Crippen LogP contribution >= 0.6 is 23.6 Å². The number of thiophene rings is 1. The molecular weight excluding hydrogens is 466 g/mol. The molecule has 1 amide bonds. The molecule has 2 aromatic heterocycles. The highest BCUT2D eigenvalue weighted by atomic mass is 32.1. The van der Waals surface area contributed by atoms with Crippen molar-refractivity contribution in [3.05, 3.63) is 32.6 Å². The Morgan fingerprint density at radius 2 is 2.00 bits per heavy atom. The van der Waals surface area contributed by atoms with Crippen molar-refractivity contribution in [2.75, 3.05) is 13.7 Å². The minimum absolute atomic E-state index is 0.0215. The van der Waals surface area contributed by atoms with Gasteiger partial charge in [0.1, 0.15) is 5.78 Å². The number of nitrogens with one attached hydrogen (secondary N) is 1. The van der Waals surface area contributed by atoms with Crippen LogP contribution in [0.1, 0.15) is 69.9 Å². The number of carbonyl (C=O) groups excluding carboxylic acids is 2. The van der Waals surface area contributed by atoms with Crippen molar-refractivity contribution in [1.29, 1.82) is 0 Å². The van der Waals surface area contributed by atoms with E-state index in [2.05, 4.69) is 10.4 Å². The smallest absolute Gasteiger partial charge is 0.252 e. The predicted octanol–water partition coefficient (Wildman–Crippen LogP) is 4.26. The lowest BCUT2D eigenvalue weighted by Gasteiger charge is -2.23. The Bertz CT molecular complexity index is 1110. The molecule has 2 saturated carbocycles. The summed E-state index contributed by atoms with van der Waals surface area (Å²) in [5.41, 5.74) is 3.04. The molecule has 2 fully saturated rings. The normalized spacial score (nSPS) is 19.5. The van der Waals surface area contributed by atoms with E-state index < -0.39 is 0 Å². The second kappa shape index (κ2) is 9.90. The minimum Gasteiger partial charge on any atom is -0.480 e. The molecule has 5 rings (SSSR count). The van der Waals surface area contributed by atoms with E-state index in [9.17, 15) is 9.59 Å². The Labute approximate surface area is 210 Å². The van der Waals surface area contributed by atoms with Gasteiger partial charge in [0.25, 0.3) is 5.91 Å². The number of rotatable bonds is 11. The third-order valence-electron chi connectivity index (χ3n) is 7.34. The highest BCUT2D eigenvalue weighted by Gasteiger charge is 2.34. The number of Topliss-reactive ketones (excluding diaryl/α,β-unsaturated/α-hetero) is 1. The van der Waals surface area contributed by atoms with Crippen molar-refractivity contribution < 1.29 is 14.3 Å². The summed E-state index contributed by atoms with van der Waals surface area (Å²) in [4.78, 5) is 29.2. The number of hydrogen-bond acceptors (Lipinski definition) is 6. The SMILES string of the molecule is COc1cc(CC(=S)C[C@H]2CCc3sc(CC(=O)C4CC4)c(C(=O)NCC4CC4)c3C2)n(C)n1. The molecule has 0 aromatic carbocycles. The number of hydrogen-bond donors (Lipinski definition) is 1. The Morgan fingerprint density at radius 3 is 2.68 bits per heavy atom. The summed E-state index contributed by atoms with van der Waals surface area (Å²) in [5, 5.41) is 7.50. The number of aromatic nitrogens is 2. The fourth-order valence-corrected chi connectivity index (χ4v) is 6.71. The molecule has 6 nitrogen and oxygen atoms in total. The molecule has 0 radical (unpaired) electrons. The molecule has 3 aliphatic rings. The molecule has 1 N–H and O–H groups in total. The van der Waals surface area contributed by atoms with E-state index in [0.29, 0.717) is 36.3 Å². The maximum Gasteiger partial charge on any atom is 0.252 e. The number of thiocarbonyl (C=S) groups is 1. The lowest BCUT2D eigenvalue weighted by Crippen LogP contribution is -2.28. The lowest BCUT2D eigenvalue weighted by atomic mass is 9.82. The van der Waals surface area contributed by atoms with Crippen LogP contribution in [0.2, 0.25) is 0 Å². The van der Waals surface area contributed by atoms with Gasteiger partial charge in [-0.25, -0.2) is 0 Å². The number of aryl methyl sites for hydroxylation is 2. The van der Waals surface area contributed by atoms with Gasteiger partial charge in [0.05, 0.1) is 12.7 Å². The molecule has 8 heteroatoms. The van der Waals surface area contributed by atoms with Crippen molar-refractivity contribution in [1.82, 2.24) is 15.1 Å².